The molecule has 0 aliphatic heterocycles. The van der Waals surface area contributed by atoms with E-state index >= 15 is 0 Å². The van der Waals surface area contributed by atoms with Gasteiger partial charge in [0.2, 0.25) is 0 Å². The van der Waals surface area contributed by atoms with E-state index in [2.05, 4.69) is 15.9 Å². The summed E-state index contributed by atoms with van der Waals surface area (Å²) in [7, 11) is 0. The number of nitrogens with one attached hydrogen (secondary N) is 1. The van der Waals surface area contributed by atoms with E-state index in [0.717, 1.165) is 6.07 Å². The van der Waals surface area contributed by atoms with Crippen molar-refractivity contribution in [3.05, 3.63) is 33.8 Å². The Morgan fingerprint density at radius 2 is 2.00 bits per heavy atom. The topological polar surface area (TPSA) is 29.1 Å². The molecule has 1 aromatic rings. The quantitative estimate of drug-likeness (QED) is 0.675. The first-order valence-electron chi connectivity index (χ1n) is 4.12. The molecular formula is C9H6BrF4NO. The fourth-order valence-corrected chi connectivity index (χ4v) is 1.39. The predicted molar refractivity (Wildman–Crippen MR) is 52.4 cm³/mol. The summed E-state index contributed by atoms with van der Waals surface area (Å²) in [4.78, 5) is 11.2. The minimum atomic E-state index is -2.70. The van der Waals surface area contributed by atoms with Crippen molar-refractivity contribution in [3.63, 3.8) is 0 Å². The largest absolute Gasteiger partial charge is 0.346 e. The van der Waals surface area contributed by atoms with Gasteiger partial charge in [0.05, 0.1) is 11.0 Å². The lowest BCUT2D eigenvalue weighted by Crippen LogP contribution is -2.28. The van der Waals surface area contributed by atoms with Gasteiger partial charge in [-0.25, -0.2) is 17.6 Å². The summed E-state index contributed by atoms with van der Waals surface area (Å²) in [6.07, 6.45) is -2.70. The maximum absolute atomic E-state index is 12.9. The molecule has 0 saturated heterocycles. The monoisotopic (exact) mass is 299 g/mol. The number of carbonyl (C=O) groups is 1. The molecule has 7 heteroatoms. The van der Waals surface area contributed by atoms with Gasteiger partial charge in [0, 0.05) is 5.56 Å². The lowest BCUT2D eigenvalue weighted by Gasteiger charge is -2.05. The van der Waals surface area contributed by atoms with Crippen molar-refractivity contribution in [2.24, 2.45) is 0 Å². The highest BCUT2D eigenvalue weighted by Crippen LogP contribution is 2.20. The number of alkyl halides is 2. The lowest BCUT2D eigenvalue weighted by atomic mass is 10.2. The maximum atomic E-state index is 12.9. The van der Waals surface area contributed by atoms with E-state index in [4.69, 9.17) is 0 Å². The number of carbonyl (C=O) groups excluding carboxylic acids is 1. The van der Waals surface area contributed by atoms with E-state index in [1.165, 1.54) is 0 Å². The lowest BCUT2D eigenvalue weighted by molar-refractivity contribution is 0.0891. The minimum Gasteiger partial charge on any atom is -0.346 e. The zero-order valence-electron chi connectivity index (χ0n) is 7.74. The first-order chi connectivity index (χ1) is 7.41. The number of hydrogen-bond acceptors (Lipinski definition) is 1. The van der Waals surface area contributed by atoms with E-state index in [-0.39, 0.29) is 10.0 Å². The maximum Gasteiger partial charge on any atom is 0.255 e. The van der Waals surface area contributed by atoms with Crippen molar-refractivity contribution in [2.75, 3.05) is 6.54 Å². The highest BCUT2D eigenvalue weighted by atomic mass is 79.9. The number of benzene rings is 1. The molecule has 1 N–H and O–H groups in total. The summed E-state index contributed by atoms with van der Waals surface area (Å²) in [5.74, 6) is -3.25. The third-order valence-electron chi connectivity index (χ3n) is 1.66. The van der Waals surface area contributed by atoms with Gasteiger partial charge in [-0.2, -0.15) is 0 Å². The summed E-state index contributed by atoms with van der Waals surface area (Å²) in [5, 5.41) is 1.87. The average molecular weight is 300 g/mol. The van der Waals surface area contributed by atoms with Crippen LogP contribution in [0.15, 0.2) is 16.6 Å². The van der Waals surface area contributed by atoms with Crippen molar-refractivity contribution < 1.29 is 22.4 Å². The molecule has 88 valence electrons. The molecule has 1 rings (SSSR count). The predicted octanol–water partition coefficient (Wildman–Crippen LogP) is 2.72. The van der Waals surface area contributed by atoms with E-state index < -0.39 is 30.5 Å². The van der Waals surface area contributed by atoms with Crippen LogP contribution in [0.3, 0.4) is 0 Å². The molecule has 16 heavy (non-hydrogen) atoms. The minimum absolute atomic E-state index is 0.230. The first kappa shape index (κ1) is 13.0. The van der Waals surface area contributed by atoms with Gasteiger partial charge in [0.25, 0.3) is 12.3 Å². The third-order valence-corrected chi connectivity index (χ3v) is 2.24. The number of amides is 1. The van der Waals surface area contributed by atoms with Crippen molar-refractivity contribution in [1.82, 2.24) is 5.32 Å². The van der Waals surface area contributed by atoms with Crippen LogP contribution in [0, 0.1) is 11.6 Å². The van der Waals surface area contributed by atoms with Gasteiger partial charge in [0.15, 0.2) is 11.6 Å². The SMILES string of the molecule is O=C(NCC(F)F)c1cc(F)c(F)c(Br)c1. The molecule has 1 amide bonds. The van der Waals surface area contributed by atoms with Gasteiger partial charge in [-0.15, -0.1) is 0 Å². The smallest absolute Gasteiger partial charge is 0.255 e. The van der Waals surface area contributed by atoms with Crippen LogP contribution >= 0.6 is 15.9 Å². The Kier molecular flexibility index (Phi) is 4.28. The zero-order valence-corrected chi connectivity index (χ0v) is 9.32. The van der Waals surface area contributed by atoms with E-state index in [9.17, 15) is 22.4 Å². The molecule has 0 atom stereocenters. The second kappa shape index (κ2) is 5.29. The second-order valence-electron chi connectivity index (χ2n) is 2.85. The molecule has 0 saturated carbocycles. The van der Waals surface area contributed by atoms with Crippen molar-refractivity contribution >= 4 is 21.8 Å². The van der Waals surface area contributed by atoms with Crippen LogP contribution in [0.25, 0.3) is 0 Å². The first-order valence-corrected chi connectivity index (χ1v) is 4.92. The molecule has 0 spiro atoms. The Labute approximate surface area is 96.8 Å². The van der Waals surface area contributed by atoms with Gasteiger partial charge in [-0.05, 0) is 28.1 Å². The summed E-state index contributed by atoms with van der Waals surface area (Å²) in [6, 6.07) is 1.65. The van der Waals surface area contributed by atoms with Crippen molar-refractivity contribution in [3.8, 4) is 0 Å². The van der Waals surface area contributed by atoms with Crippen LogP contribution in [-0.4, -0.2) is 18.9 Å². The molecule has 0 aliphatic carbocycles. The van der Waals surface area contributed by atoms with Gasteiger partial charge in [-0.3, -0.25) is 4.79 Å². The fraction of sp³-hybridized carbons (Fsp3) is 0.222. The standard InChI is InChI=1S/C9H6BrF4NO/c10-5-1-4(2-6(11)8(5)14)9(16)15-3-7(12)13/h1-2,7H,3H2,(H,15,16). The number of hydrogen-bond donors (Lipinski definition) is 1. The molecule has 0 unspecified atom stereocenters. The number of rotatable bonds is 3. The molecule has 2 nitrogen and oxygen atoms in total. The van der Waals surface area contributed by atoms with E-state index in [1.54, 1.807) is 0 Å². The Morgan fingerprint density at radius 1 is 1.38 bits per heavy atom. The third kappa shape index (κ3) is 3.19. The van der Waals surface area contributed by atoms with Crippen LogP contribution in [0.4, 0.5) is 17.6 Å². The molecule has 0 bridgehead atoms. The second-order valence-corrected chi connectivity index (χ2v) is 3.71. The Hall–Kier alpha value is -1.11. The summed E-state index contributed by atoms with van der Waals surface area (Å²) in [6.45, 7) is -0.838. The highest BCUT2D eigenvalue weighted by Gasteiger charge is 2.14. The highest BCUT2D eigenvalue weighted by molar-refractivity contribution is 9.10. The Bertz CT molecular complexity index is 387. The van der Waals surface area contributed by atoms with Crippen LogP contribution in [0.1, 0.15) is 10.4 Å². The zero-order chi connectivity index (χ0) is 12.3. The van der Waals surface area contributed by atoms with Crippen molar-refractivity contribution in [1.29, 1.82) is 0 Å². The van der Waals surface area contributed by atoms with E-state index in [1.807, 2.05) is 5.32 Å². The molecular weight excluding hydrogens is 294 g/mol. The van der Waals surface area contributed by atoms with Gasteiger partial charge in [0.1, 0.15) is 0 Å². The molecule has 1 aromatic carbocycles. The van der Waals surface area contributed by atoms with Crippen LogP contribution in [0.2, 0.25) is 0 Å². The van der Waals surface area contributed by atoms with Gasteiger partial charge < -0.3 is 5.32 Å². The average Bonchev–Trinajstić information content (AvgIpc) is 2.21. The molecule has 0 aromatic heterocycles. The normalized spacial score (nSPS) is 10.6. The summed E-state index contributed by atoms with van der Waals surface area (Å²) < 4.78 is 49.0. The molecule has 0 heterocycles. The fourth-order valence-electron chi connectivity index (χ4n) is 0.959. The number of halogens is 5. The van der Waals surface area contributed by atoms with Crippen LogP contribution in [-0.2, 0) is 0 Å². The van der Waals surface area contributed by atoms with Crippen molar-refractivity contribution in [2.45, 2.75) is 6.43 Å². The van der Waals surface area contributed by atoms with Crippen LogP contribution in [0.5, 0.6) is 0 Å². The Balaban J connectivity index is 2.84. The molecule has 0 fully saturated rings. The molecule has 0 aliphatic rings. The summed E-state index contributed by atoms with van der Waals surface area (Å²) >= 11 is 2.70. The van der Waals surface area contributed by atoms with Crippen LogP contribution < -0.4 is 5.32 Å². The Morgan fingerprint density at radius 3 is 2.50 bits per heavy atom. The van der Waals surface area contributed by atoms with Gasteiger partial charge >= 0.3 is 0 Å². The van der Waals surface area contributed by atoms with E-state index in [0.29, 0.717) is 6.07 Å². The summed E-state index contributed by atoms with van der Waals surface area (Å²) in [5.41, 5.74) is -0.230. The van der Waals surface area contributed by atoms with Gasteiger partial charge in [-0.1, -0.05) is 0 Å². The molecule has 0 radical (unpaired) electrons.